The molecule has 0 spiro atoms. The summed E-state index contributed by atoms with van der Waals surface area (Å²) in [6.07, 6.45) is 2.61. The lowest BCUT2D eigenvalue weighted by atomic mass is 9.85. The van der Waals surface area contributed by atoms with Crippen molar-refractivity contribution >= 4 is 22.6 Å². The van der Waals surface area contributed by atoms with Crippen LogP contribution in [0, 0.1) is 11.6 Å². The highest BCUT2D eigenvalue weighted by molar-refractivity contribution is 5.94. The molecule has 1 aliphatic carbocycles. The first kappa shape index (κ1) is 17.0. The standard InChI is InChI=1S/C18H18F2N2O4/c1-8-18(2,26)7-22(8)15-12(19)5-10-14(13(15)20)21(9-3-4-9)6-11(16(10)23)17(24)25/h5-6,8-9,26H,3-4,7H2,1-2H3,(H,24,25)/t8-,18-/m1/s1. The Hall–Kier alpha value is -2.48. The van der Waals surface area contributed by atoms with Gasteiger partial charge in [0, 0.05) is 18.8 Å². The van der Waals surface area contributed by atoms with Crippen molar-refractivity contribution in [3.05, 3.63) is 39.7 Å². The highest BCUT2D eigenvalue weighted by Crippen LogP contribution is 2.42. The van der Waals surface area contributed by atoms with Crippen molar-refractivity contribution in [3.8, 4) is 0 Å². The van der Waals surface area contributed by atoms with Crippen LogP contribution in [0.2, 0.25) is 0 Å². The first-order valence-electron chi connectivity index (χ1n) is 8.42. The van der Waals surface area contributed by atoms with E-state index in [0.29, 0.717) is 0 Å². The zero-order valence-electron chi connectivity index (χ0n) is 14.3. The Labute approximate surface area is 147 Å². The molecule has 0 bridgehead atoms. The number of carboxylic acid groups (broad SMARTS) is 1. The molecule has 26 heavy (non-hydrogen) atoms. The van der Waals surface area contributed by atoms with Crippen LogP contribution in [-0.4, -0.2) is 38.9 Å². The molecule has 0 unspecified atom stereocenters. The molecule has 1 aromatic carbocycles. The summed E-state index contributed by atoms with van der Waals surface area (Å²) in [5.41, 5.74) is -2.85. The quantitative estimate of drug-likeness (QED) is 0.873. The van der Waals surface area contributed by atoms with Gasteiger partial charge in [-0.25, -0.2) is 13.6 Å². The summed E-state index contributed by atoms with van der Waals surface area (Å²) in [6, 6.07) is 0.297. The maximum Gasteiger partial charge on any atom is 0.341 e. The van der Waals surface area contributed by atoms with Crippen molar-refractivity contribution in [1.82, 2.24) is 4.57 Å². The predicted octanol–water partition coefficient (Wildman–Crippen LogP) is 2.27. The van der Waals surface area contributed by atoms with Gasteiger partial charge in [-0.1, -0.05) is 0 Å². The molecule has 2 atom stereocenters. The number of carboxylic acids is 1. The minimum atomic E-state index is -1.43. The lowest BCUT2D eigenvalue weighted by Crippen LogP contribution is -2.67. The average molecular weight is 364 g/mol. The number of benzene rings is 1. The molecule has 2 N–H and O–H groups in total. The van der Waals surface area contributed by atoms with Crippen molar-refractivity contribution in [2.45, 2.75) is 44.4 Å². The zero-order valence-corrected chi connectivity index (χ0v) is 14.3. The Morgan fingerprint density at radius 3 is 2.50 bits per heavy atom. The smallest absolute Gasteiger partial charge is 0.341 e. The number of nitrogens with zero attached hydrogens (tertiary/aromatic N) is 2. The van der Waals surface area contributed by atoms with Gasteiger partial charge in [0.2, 0.25) is 5.43 Å². The van der Waals surface area contributed by atoms with Crippen molar-refractivity contribution in [2.24, 2.45) is 0 Å². The van der Waals surface area contributed by atoms with E-state index in [1.807, 2.05) is 0 Å². The highest BCUT2D eigenvalue weighted by atomic mass is 19.1. The van der Waals surface area contributed by atoms with E-state index in [0.717, 1.165) is 25.1 Å². The highest BCUT2D eigenvalue weighted by Gasteiger charge is 2.47. The fourth-order valence-corrected chi connectivity index (χ4v) is 3.60. The first-order valence-corrected chi connectivity index (χ1v) is 8.42. The molecule has 1 saturated heterocycles. The van der Waals surface area contributed by atoms with Gasteiger partial charge in [0.1, 0.15) is 17.1 Å². The van der Waals surface area contributed by atoms with Gasteiger partial charge in [-0.05, 0) is 32.8 Å². The summed E-state index contributed by atoms with van der Waals surface area (Å²) in [7, 11) is 0. The van der Waals surface area contributed by atoms with Crippen LogP contribution in [0.15, 0.2) is 17.1 Å². The van der Waals surface area contributed by atoms with Gasteiger partial charge in [0.05, 0.1) is 22.5 Å². The maximum absolute atomic E-state index is 15.3. The molecule has 6 nitrogen and oxygen atoms in total. The number of anilines is 1. The molecule has 1 aliphatic heterocycles. The second-order valence-electron chi connectivity index (χ2n) is 7.39. The van der Waals surface area contributed by atoms with Crippen LogP contribution in [0.5, 0.6) is 0 Å². The first-order chi connectivity index (χ1) is 12.1. The number of aromatic carboxylic acids is 1. The normalized spacial score (nSPS) is 25.4. The Kier molecular flexibility index (Phi) is 3.43. The molecular weight excluding hydrogens is 346 g/mol. The third-order valence-electron chi connectivity index (χ3n) is 5.50. The molecule has 138 valence electrons. The second kappa shape index (κ2) is 5.26. The number of halogens is 2. The minimum absolute atomic E-state index is 0.0639. The lowest BCUT2D eigenvalue weighted by molar-refractivity contribution is -0.00869. The maximum atomic E-state index is 15.3. The third kappa shape index (κ3) is 2.25. The molecule has 2 heterocycles. The number of aliphatic hydroxyl groups is 1. The van der Waals surface area contributed by atoms with E-state index in [1.54, 1.807) is 13.8 Å². The van der Waals surface area contributed by atoms with Crippen molar-refractivity contribution in [2.75, 3.05) is 11.4 Å². The lowest BCUT2D eigenvalue weighted by Gasteiger charge is -2.52. The number of carbonyl (C=O) groups is 1. The van der Waals surface area contributed by atoms with E-state index in [9.17, 15) is 24.2 Å². The Balaban J connectivity index is 2.01. The van der Waals surface area contributed by atoms with E-state index in [4.69, 9.17) is 0 Å². The van der Waals surface area contributed by atoms with Crippen LogP contribution < -0.4 is 10.3 Å². The van der Waals surface area contributed by atoms with Crippen LogP contribution in [0.1, 0.15) is 43.1 Å². The molecule has 8 heteroatoms. The van der Waals surface area contributed by atoms with Crippen LogP contribution in [0.4, 0.5) is 14.5 Å². The van der Waals surface area contributed by atoms with Gasteiger partial charge in [-0.3, -0.25) is 4.79 Å². The van der Waals surface area contributed by atoms with E-state index in [-0.39, 0.29) is 29.2 Å². The number of rotatable bonds is 3. The Bertz CT molecular complexity index is 1010. The summed E-state index contributed by atoms with van der Waals surface area (Å²) >= 11 is 0. The number of hydrogen-bond acceptors (Lipinski definition) is 4. The van der Waals surface area contributed by atoms with Gasteiger partial charge in [0.25, 0.3) is 0 Å². The van der Waals surface area contributed by atoms with E-state index < -0.39 is 40.2 Å². The minimum Gasteiger partial charge on any atom is -0.477 e. The van der Waals surface area contributed by atoms with Crippen LogP contribution in [0.25, 0.3) is 10.9 Å². The van der Waals surface area contributed by atoms with Gasteiger partial charge in [-0.2, -0.15) is 0 Å². The Morgan fingerprint density at radius 1 is 1.35 bits per heavy atom. The molecule has 2 aliphatic rings. The SMILES string of the molecule is C[C@H]1N(c2c(F)cc3c(=O)c(C(=O)O)cn(C4CC4)c3c2F)C[C@@]1(C)O. The number of aromatic nitrogens is 1. The van der Waals surface area contributed by atoms with Gasteiger partial charge >= 0.3 is 5.97 Å². The van der Waals surface area contributed by atoms with Crippen molar-refractivity contribution in [1.29, 1.82) is 0 Å². The number of pyridine rings is 1. The molecule has 4 rings (SSSR count). The second-order valence-corrected chi connectivity index (χ2v) is 7.39. The van der Waals surface area contributed by atoms with Crippen molar-refractivity contribution in [3.63, 3.8) is 0 Å². The summed E-state index contributed by atoms with van der Waals surface area (Å²) in [5.74, 6) is -3.27. The molecule has 0 amide bonds. The van der Waals surface area contributed by atoms with Crippen LogP contribution >= 0.6 is 0 Å². The predicted molar refractivity (Wildman–Crippen MR) is 90.8 cm³/mol. The topological polar surface area (TPSA) is 82.8 Å². The molecule has 2 fully saturated rings. The number of hydrogen-bond donors (Lipinski definition) is 2. The Morgan fingerprint density at radius 2 is 2.00 bits per heavy atom. The van der Waals surface area contributed by atoms with E-state index in [1.165, 1.54) is 9.47 Å². The van der Waals surface area contributed by atoms with Gasteiger partial charge in [0.15, 0.2) is 5.82 Å². The molecule has 0 radical (unpaired) electrons. The molecular formula is C18H18F2N2O4. The fourth-order valence-electron chi connectivity index (χ4n) is 3.60. The molecule has 1 aromatic heterocycles. The summed E-state index contributed by atoms with van der Waals surface area (Å²) in [5, 5.41) is 19.0. The van der Waals surface area contributed by atoms with Crippen molar-refractivity contribution < 1.29 is 23.8 Å². The largest absolute Gasteiger partial charge is 0.477 e. The summed E-state index contributed by atoms with van der Waals surface area (Å²) < 4.78 is 31.4. The van der Waals surface area contributed by atoms with Crippen LogP contribution in [-0.2, 0) is 0 Å². The van der Waals surface area contributed by atoms with Crippen LogP contribution in [0.3, 0.4) is 0 Å². The average Bonchev–Trinajstić information content (AvgIpc) is 3.39. The molecule has 2 aromatic rings. The monoisotopic (exact) mass is 364 g/mol. The fraction of sp³-hybridized carbons (Fsp3) is 0.444. The molecule has 1 saturated carbocycles. The number of β-amino-alcohol motifs (C(OH)–C–C–N with tert-alkyl or cyclic N) is 1. The van der Waals surface area contributed by atoms with Gasteiger partial charge in [-0.15, -0.1) is 0 Å². The third-order valence-corrected chi connectivity index (χ3v) is 5.50. The van der Waals surface area contributed by atoms with Gasteiger partial charge < -0.3 is 19.7 Å². The zero-order chi connectivity index (χ0) is 19.0. The number of fused-ring (bicyclic) bond motifs is 1. The summed E-state index contributed by atoms with van der Waals surface area (Å²) in [6.45, 7) is 3.31. The van der Waals surface area contributed by atoms with E-state index >= 15 is 4.39 Å². The van der Waals surface area contributed by atoms with E-state index in [2.05, 4.69) is 0 Å². The summed E-state index contributed by atoms with van der Waals surface area (Å²) in [4.78, 5) is 25.2.